The number of rotatable bonds is 6. The summed E-state index contributed by atoms with van der Waals surface area (Å²) >= 11 is 3.32. The van der Waals surface area contributed by atoms with E-state index in [-0.39, 0.29) is 18.0 Å². The molecule has 5 nitrogen and oxygen atoms in total. The van der Waals surface area contributed by atoms with Crippen LogP contribution in [0.4, 0.5) is 5.69 Å². The van der Waals surface area contributed by atoms with Gasteiger partial charge in [0.1, 0.15) is 0 Å². The fourth-order valence-corrected chi connectivity index (χ4v) is 2.09. The van der Waals surface area contributed by atoms with E-state index in [2.05, 4.69) is 21.2 Å². The Labute approximate surface area is 120 Å². The van der Waals surface area contributed by atoms with Crippen LogP contribution < -0.4 is 10.2 Å². The molecule has 0 radical (unpaired) electrons. The van der Waals surface area contributed by atoms with Gasteiger partial charge in [-0.3, -0.25) is 4.79 Å². The summed E-state index contributed by atoms with van der Waals surface area (Å²) in [4.78, 5) is 24.6. The lowest BCUT2D eigenvalue weighted by Crippen LogP contribution is -2.37. The lowest BCUT2D eigenvalue weighted by Gasteiger charge is -2.24. The van der Waals surface area contributed by atoms with Crippen molar-refractivity contribution in [2.24, 2.45) is 0 Å². The molecule has 0 aliphatic carbocycles. The fraction of sp³-hybridized carbons (Fsp3) is 0.385. The van der Waals surface area contributed by atoms with Crippen LogP contribution in [-0.2, 0) is 4.79 Å². The Balaban J connectivity index is 3.06. The zero-order valence-corrected chi connectivity index (χ0v) is 12.5. The van der Waals surface area contributed by atoms with Crippen LogP contribution in [0.15, 0.2) is 22.7 Å². The van der Waals surface area contributed by atoms with Crippen LogP contribution in [0.25, 0.3) is 0 Å². The van der Waals surface area contributed by atoms with E-state index in [1.807, 2.05) is 13.8 Å². The average Bonchev–Trinajstić information content (AvgIpc) is 2.35. The summed E-state index contributed by atoms with van der Waals surface area (Å²) in [5, 5.41) is 11.9. The molecule has 0 aliphatic rings. The van der Waals surface area contributed by atoms with E-state index in [4.69, 9.17) is 0 Å². The van der Waals surface area contributed by atoms with Gasteiger partial charge in [-0.15, -0.1) is 0 Å². The molecule has 1 rings (SSSR count). The van der Waals surface area contributed by atoms with Gasteiger partial charge in [-0.2, -0.15) is 0 Å². The zero-order valence-electron chi connectivity index (χ0n) is 10.9. The number of carboxylic acid groups (broad SMARTS) is 1. The molecule has 1 amide bonds. The van der Waals surface area contributed by atoms with Crippen LogP contribution >= 0.6 is 15.9 Å². The van der Waals surface area contributed by atoms with Gasteiger partial charge in [0.2, 0.25) is 5.91 Å². The molecule has 6 heteroatoms. The Kier molecular flexibility index (Phi) is 5.82. The molecular formula is C13H17BrN2O3. The minimum absolute atomic E-state index is 0.124. The minimum atomic E-state index is -1.00. The molecule has 19 heavy (non-hydrogen) atoms. The van der Waals surface area contributed by atoms with E-state index in [9.17, 15) is 14.7 Å². The van der Waals surface area contributed by atoms with E-state index in [0.29, 0.717) is 18.8 Å². The number of anilines is 1. The third kappa shape index (κ3) is 4.24. The minimum Gasteiger partial charge on any atom is -0.478 e. The van der Waals surface area contributed by atoms with Crippen molar-refractivity contribution in [2.75, 3.05) is 24.5 Å². The van der Waals surface area contributed by atoms with Gasteiger partial charge in [0.15, 0.2) is 0 Å². The smallest absolute Gasteiger partial charge is 0.337 e. The molecule has 0 fully saturated rings. The van der Waals surface area contributed by atoms with Crippen LogP contribution in [0.3, 0.4) is 0 Å². The van der Waals surface area contributed by atoms with E-state index >= 15 is 0 Å². The van der Waals surface area contributed by atoms with Gasteiger partial charge in [-0.25, -0.2) is 4.79 Å². The van der Waals surface area contributed by atoms with Crippen molar-refractivity contribution in [2.45, 2.75) is 13.8 Å². The topological polar surface area (TPSA) is 69.6 Å². The highest BCUT2D eigenvalue weighted by molar-refractivity contribution is 9.10. The third-order valence-corrected chi connectivity index (χ3v) is 3.11. The van der Waals surface area contributed by atoms with Crippen LogP contribution in [0.5, 0.6) is 0 Å². The van der Waals surface area contributed by atoms with Crippen molar-refractivity contribution in [1.29, 1.82) is 0 Å². The Morgan fingerprint density at radius 3 is 2.58 bits per heavy atom. The molecule has 0 saturated carbocycles. The Morgan fingerprint density at radius 2 is 2.05 bits per heavy atom. The molecule has 0 heterocycles. The molecule has 0 spiro atoms. The van der Waals surface area contributed by atoms with Crippen molar-refractivity contribution >= 4 is 33.5 Å². The van der Waals surface area contributed by atoms with Gasteiger partial charge >= 0.3 is 5.97 Å². The zero-order chi connectivity index (χ0) is 14.4. The second-order valence-electron chi connectivity index (χ2n) is 3.93. The predicted octanol–water partition coefficient (Wildman–Crippen LogP) is 2.11. The molecule has 0 aromatic heterocycles. The maximum absolute atomic E-state index is 11.6. The number of aromatic carboxylic acids is 1. The SMILES string of the molecule is CCNC(=O)CN(CC)c1cc(Br)ccc1C(=O)O. The normalized spacial score (nSPS) is 10.1. The Hall–Kier alpha value is -1.56. The summed E-state index contributed by atoms with van der Waals surface area (Å²) in [5.41, 5.74) is 0.727. The largest absolute Gasteiger partial charge is 0.478 e. The number of likely N-dealkylation sites (N-methyl/N-ethyl adjacent to an activating group) is 2. The van der Waals surface area contributed by atoms with Gasteiger partial charge < -0.3 is 15.3 Å². The summed E-state index contributed by atoms with van der Waals surface area (Å²) < 4.78 is 0.779. The Morgan fingerprint density at radius 1 is 1.37 bits per heavy atom. The highest BCUT2D eigenvalue weighted by Gasteiger charge is 2.17. The molecular weight excluding hydrogens is 312 g/mol. The molecule has 1 aromatic rings. The highest BCUT2D eigenvalue weighted by Crippen LogP contribution is 2.25. The summed E-state index contributed by atoms with van der Waals surface area (Å²) in [5.74, 6) is -1.13. The number of halogens is 1. The first kappa shape index (κ1) is 15.5. The summed E-state index contributed by atoms with van der Waals surface area (Å²) in [6.07, 6.45) is 0. The molecule has 0 bridgehead atoms. The third-order valence-electron chi connectivity index (χ3n) is 2.62. The average molecular weight is 329 g/mol. The quantitative estimate of drug-likeness (QED) is 0.839. The van der Waals surface area contributed by atoms with E-state index in [1.54, 1.807) is 17.0 Å². The first-order valence-corrected chi connectivity index (χ1v) is 6.83. The van der Waals surface area contributed by atoms with Gasteiger partial charge in [0.05, 0.1) is 17.8 Å². The van der Waals surface area contributed by atoms with Crippen LogP contribution in [0, 0.1) is 0 Å². The first-order valence-electron chi connectivity index (χ1n) is 6.04. The number of nitrogens with zero attached hydrogens (tertiary/aromatic N) is 1. The molecule has 0 atom stereocenters. The fourth-order valence-electron chi connectivity index (χ4n) is 1.74. The lowest BCUT2D eigenvalue weighted by atomic mass is 10.1. The van der Waals surface area contributed by atoms with Gasteiger partial charge in [0, 0.05) is 17.6 Å². The molecule has 0 saturated heterocycles. The van der Waals surface area contributed by atoms with E-state index in [1.165, 1.54) is 6.07 Å². The molecule has 1 aromatic carbocycles. The van der Waals surface area contributed by atoms with Crippen molar-refractivity contribution in [3.05, 3.63) is 28.2 Å². The monoisotopic (exact) mass is 328 g/mol. The highest BCUT2D eigenvalue weighted by atomic mass is 79.9. The number of hydrogen-bond donors (Lipinski definition) is 2. The van der Waals surface area contributed by atoms with Gasteiger partial charge in [-0.1, -0.05) is 15.9 Å². The molecule has 2 N–H and O–H groups in total. The summed E-state index contributed by atoms with van der Waals surface area (Å²) in [7, 11) is 0. The Bertz CT molecular complexity index is 477. The van der Waals surface area contributed by atoms with Crippen LogP contribution in [0.1, 0.15) is 24.2 Å². The number of benzene rings is 1. The molecule has 0 aliphatic heterocycles. The van der Waals surface area contributed by atoms with E-state index in [0.717, 1.165) is 4.47 Å². The maximum Gasteiger partial charge on any atom is 0.337 e. The van der Waals surface area contributed by atoms with Crippen molar-refractivity contribution < 1.29 is 14.7 Å². The number of carbonyl (C=O) groups is 2. The standard InChI is InChI=1S/C13H17BrN2O3/c1-3-15-12(17)8-16(4-2)11-7-9(14)5-6-10(11)13(18)19/h5-7H,3-4,8H2,1-2H3,(H,15,17)(H,18,19). The maximum atomic E-state index is 11.6. The van der Waals surface area contributed by atoms with Gasteiger partial charge in [0.25, 0.3) is 0 Å². The second kappa shape index (κ2) is 7.13. The number of hydrogen-bond acceptors (Lipinski definition) is 3. The number of amides is 1. The van der Waals surface area contributed by atoms with Crippen molar-refractivity contribution in [3.8, 4) is 0 Å². The van der Waals surface area contributed by atoms with Crippen LogP contribution in [0.2, 0.25) is 0 Å². The number of carbonyl (C=O) groups excluding carboxylic acids is 1. The second-order valence-corrected chi connectivity index (χ2v) is 4.85. The summed E-state index contributed by atoms with van der Waals surface area (Å²) in [6.45, 7) is 4.97. The number of nitrogens with one attached hydrogen (secondary N) is 1. The van der Waals surface area contributed by atoms with Crippen molar-refractivity contribution in [1.82, 2.24) is 5.32 Å². The van der Waals surface area contributed by atoms with E-state index < -0.39 is 5.97 Å². The van der Waals surface area contributed by atoms with Gasteiger partial charge in [-0.05, 0) is 32.0 Å². The first-order chi connectivity index (χ1) is 8.99. The number of carboxylic acids is 1. The molecule has 0 unspecified atom stereocenters. The molecule has 104 valence electrons. The lowest BCUT2D eigenvalue weighted by molar-refractivity contribution is -0.119. The van der Waals surface area contributed by atoms with Crippen molar-refractivity contribution in [3.63, 3.8) is 0 Å². The predicted molar refractivity (Wildman–Crippen MR) is 77.7 cm³/mol. The summed E-state index contributed by atoms with van der Waals surface area (Å²) in [6, 6.07) is 4.92. The van der Waals surface area contributed by atoms with Crippen LogP contribution in [-0.4, -0.2) is 36.6 Å².